The van der Waals surface area contributed by atoms with E-state index in [1.165, 1.54) is 19.3 Å². The summed E-state index contributed by atoms with van der Waals surface area (Å²) >= 11 is 0. The molecule has 4 amide bonds. The van der Waals surface area contributed by atoms with Gasteiger partial charge in [-0.15, -0.1) is 0 Å². The highest BCUT2D eigenvalue weighted by molar-refractivity contribution is 5.98. The molecule has 1 rings (SSSR count). The van der Waals surface area contributed by atoms with E-state index in [-0.39, 0.29) is 17.7 Å². The summed E-state index contributed by atoms with van der Waals surface area (Å²) in [5, 5.41) is 7.08. The maximum Gasteiger partial charge on any atom is 0.329 e. The number of carbonyl (C=O) groups is 4. The van der Waals surface area contributed by atoms with E-state index >= 15 is 0 Å². The van der Waals surface area contributed by atoms with E-state index in [0.29, 0.717) is 0 Å². The number of hydrogen-bond donors (Lipinski definition) is 3. The molecule has 0 spiro atoms. The molecule has 2 atom stereocenters. The first-order chi connectivity index (χ1) is 12.1. The first-order valence-electron chi connectivity index (χ1n) is 8.28. The predicted octanol–water partition coefficient (Wildman–Crippen LogP) is 1.20. The molecule has 144 valence electrons. The number of carbonyl (C=O) groups excluding carboxylic acids is 4. The van der Waals surface area contributed by atoms with Crippen LogP contribution in [-0.2, 0) is 14.3 Å². The molecule has 0 saturated heterocycles. The van der Waals surface area contributed by atoms with Crippen LogP contribution in [0.3, 0.4) is 0 Å². The first-order valence-corrected chi connectivity index (χ1v) is 8.28. The summed E-state index contributed by atoms with van der Waals surface area (Å²) < 4.78 is 10.1. The van der Waals surface area contributed by atoms with Gasteiger partial charge in [-0.2, -0.15) is 0 Å². The Bertz CT molecular complexity index is 639. The minimum atomic E-state index is -1.21. The van der Waals surface area contributed by atoms with Gasteiger partial charge in [0.15, 0.2) is 11.9 Å². The van der Waals surface area contributed by atoms with Gasteiger partial charge < -0.3 is 19.8 Å². The van der Waals surface area contributed by atoms with E-state index in [2.05, 4.69) is 16.0 Å². The Balaban J connectivity index is 2.64. The maximum atomic E-state index is 12.3. The quantitative estimate of drug-likeness (QED) is 0.622. The van der Waals surface area contributed by atoms with Gasteiger partial charge in [0.25, 0.3) is 11.8 Å². The molecule has 0 aromatic carbocycles. The van der Waals surface area contributed by atoms with Crippen LogP contribution in [0, 0.1) is 5.92 Å². The Morgan fingerprint density at radius 3 is 2.19 bits per heavy atom. The number of nitrogens with one attached hydrogen (secondary N) is 3. The van der Waals surface area contributed by atoms with Crippen LogP contribution in [0.15, 0.2) is 22.8 Å². The van der Waals surface area contributed by atoms with Crippen molar-refractivity contribution in [2.75, 3.05) is 0 Å². The van der Waals surface area contributed by atoms with Gasteiger partial charge in [-0.3, -0.25) is 14.9 Å². The van der Waals surface area contributed by atoms with Crippen molar-refractivity contribution >= 4 is 23.8 Å². The molecule has 0 fully saturated rings. The van der Waals surface area contributed by atoms with Gasteiger partial charge >= 0.3 is 12.0 Å². The number of imide groups is 1. The summed E-state index contributed by atoms with van der Waals surface area (Å²) in [6, 6.07) is 1.20. The maximum absolute atomic E-state index is 12.3. The Labute approximate surface area is 151 Å². The van der Waals surface area contributed by atoms with Crippen LogP contribution in [0.1, 0.15) is 45.2 Å². The lowest BCUT2D eigenvalue weighted by molar-refractivity contribution is -0.157. The normalized spacial score (nSPS) is 13.0. The number of hydrogen-bond acceptors (Lipinski definition) is 6. The second-order valence-corrected chi connectivity index (χ2v) is 6.37. The summed E-state index contributed by atoms with van der Waals surface area (Å²) in [5.74, 6) is -2.36. The van der Waals surface area contributed by atoms with Crippen molar-refractivity contribution in [1.82, 2.24) is 16.0 Å². The molecule has 0 aliphatic rings. The van der Waals surface area contributed by atoms with Crippen LogP contribution >= 0.6 is 0 Å². The predicted molar refractivity (Wildman–Crippen MR) is 92.2 cm³/mol. The molecule has 0 bridgehead atoms. The Hall–Kier alpha value is -2.84. The molecule has 0 aliphatic heterocycles. The van der Waals surface area contributed by atoms with Gasteiger partial charge in [-0.25, -0.2) is 9.59 Å². The van der Waals surface area contributed by atoms with Crippen molar-refractivity contribution in [3.8, 4) is 0 Å². The van der Waals surface area contributed by atoms with Crippen LogP contribution in [0.4, 0.5) is 4.79 Å². The molecule has 0 aliphatic carbocycles. The summed E-state index contributed by atoms with van der Waals surface area (Å²) in [6.45, 7) is 8.25. The van der Waals surface area contributed by atoms with Gasteiger partial charge in [0.2, 0.25) is 0 Å². The molecular weight excluding hydrogens is 342 g/mol. The SMILES string of the molecule is CC(C)NC(=O)NC(=O)[C@H](C)OC(=O)[C@H](NC(=O)c1ccco1)C(C)C. The van der Waals surface area contributed by atoms with E-state index in [1.54, 1.807) is 33.8 Å². The first kappa shape index (κ1) is 21.2. The smallest absolute Gasteiger partial charge is 0.329 e. The number of furan rings is 1. The summed E-state index contributed by atoms with van der Waals surface area (Å²) in [7, 11) is 0. The van der Waals surface area contributed by atoms with Crippen molar-refractivity contribution in [1.29, 1.82) is 0 Å². The van der Waals surface area contributed by atoms with Crippen LogP contribution < -0.4 is 16.0 Å². The van der Waals surface area contributed by atoms with Crippen LogP contribution in [-0.4, -0.2) is 42.0 Å². The van der Waals surface area contributed by atoms with E-state index in [9.17, 15) is 19.2 Å². The van der Waals surface area contributed by atoms with Gasteiger partial charge in [-0.05, 0) is 38.8 Å². The van der Waals surface area contributed by atoms with Crippen LogP contribution in [0.5, 0.6) is 0 Å². The molecule has 9 nitrogen and oxygen atoms in total. The summed E-state index contributed by atoms with van der Waals surface area (Å²) in [4.78, 5) is 47.8. The highest BCUT2D eigenvalue weighted by Crippen LogP contribution is 2.08. The van der Waals surface area contributed by atoms with Crippen molar-refractivity contribution in [2.45, 2.75) is 52.8 Å². The van der Waals surface area contributed by atoms with Crippen molar-refractivity contribution in [3.63, 3.8) is 0 Å². The van der Waals surface area contributed by atoms with E-state index in [4.69, 9.17) is 9.15 Å². The monoisotopic (exact) mass is 367 g/mol. The molecular formula is C17H25N3O6. The number of amides is 4. The van der Waals surface area contributed by atoms with E-state index in [1.807, 2.05) is 0 Å². The highest BCUT2D eigenvalue weighted by atomic mass is 16.5. The fourth-order valence-corrected chi connectivity index (χ4v) is 1.93. The molecule has 0 radical (unpaired) electrons. The van der Waals surface area contributed by atoms with E-state index in [0.717, 1.165) is 0 Å². The molecule has 1 heterocycles. The minimum absolute atomic E-state index is 0.0552. The molecule has 1 aromatic heterocycles. The topological polar surface area (TPSA) is 127 Å². The van der Waals surface area contributed by atoms with Gasteiger partial charge in [0, 0.05) is 6.04 Å². The highest BCUT2D eigenvalue weighted by Gasteiger charge is 2.30. The van der Waals surface area contributed by atoms with Crippen molar-refractivity contribution in [3.05, 3.63) is 24.2 Å². The van der Waals surface area contributed by atoms with Gasteiger partial charge in [0.1, 0.15) is 6.04 Å². The average molecular weight is 367 g/mol. The zero-order valence-corrected chi connectivity index (χ0v) is 15.5. The van der Waals surface area contributed by atoms with Crippen LogP contribution in [0.25, 0.3) is 0 Å². The Morgan fingerprint density at radius 1 is 1.04 bits per heavy atom. The van der Waals surface area contributed by atoms with Crippen molar-refractivity contribution < 1.29 is 28.3 Å². The third-order valence-corrected chi connectivity index (χ3v) is 3.27. The Kier molecular flexibility index (Phi) is 7.82. The lowest BCUT2D eigenvalue weighted by Crippen LogP contribution is -2.49. The lowest BCUT2D eigenvalue weighted by atomic mass is 10.0. The number of rotatable bonds is 7. The second kappa shape index (κ2) is 9.59. The second-order valence-electron chi connectivity index (χ2n) is 6.37. The zero-order chi connectivity index (χ0) is 19.9. The van der Waals surface area contributed by atoms with Gasteiger partial charge in [0.05, 0.1) is 6.26 Å². The van der Waals surface area contributed by atoms with E-state index < -0.39 is 36.0 Å². The molecule has 26 heavy (non-hydrogen) atoms. The minimum Gasteiger partial charge on any atom is -0.459 e. The fraction of sp³-hybridized carbons (Fsp3) is 0.529. The van der Waals surface area contributed by atoms with Gasteiger partial charge in [-0.1, -0.05) is 13.8 Å². The fourth-order valence-electron chi connectivity index (χ4n) is 1.93. The molecule has 1 aromatic rings. The summed E-state index contributed by atoms with van der Waals surface area (Å²) in [6.07, 6.45) is 0.133. The average Bonchev–Trinajstić information content (AvgIpc) is 3.05. The zero-order valence-electron chi connectivity index (χ0n) is 15.5. The molecule has 0 unspecified atom stereocenters. The number of esters is 1. The number of ether oxygens (including phenoxy) is 1. The van der Waals surface area contributed by atoms with Crippen LogP contribution in [0.2, 0.25) is 0 Å². The standard InChI is InChI=1S/C17H25N3O6/c1-9(2)13(19-15(22)12-7-6-8-25-12)16(23)26-11(5)14(21)20-17(24)18-10(3)4/h6-11,13H,1-5H3,(H,19,22)(H2,18,20,21,24)/t11-,13+/m0/s1. The lowest BCUT2D eigenvalue weighted by Gasteiger charge is -2.22. The number of urea groups is 1. The largest absolute Gasteiger partial charge is 0.459 e. The summed E-state index contributed by atoms with van der Waals surface area (Å²) in [5.41, 5.74) is 0. The third kappa shape index (κ3) is 6.58. The Morgan fingerprint density at radius 2 is 1.69 bits per heavy atom. The molecule has 9 heteroatoms. The third-order valence-electron chi connectivity index (χ3n) is 3.27. The molecule has 0 saturated carbocycles. The van der Waals surface area contributed by atoms with Crippen molar-refractivity contribution in [2.24, 2.45) is 5.92 Å². The molecule has 3 N–H and O–H groups in total.